The van der Waals surface area contributed by atoms with Crippen LogP contribution in [-0.2, 0) is 6.54 Å². The van der Waals surface area contributed by atoms with E-state index in [1.807, 2.05) is 12.1 Å². The zero-order valence-corrected chi connectivity index (χ0v) is 14.6. The molecule has 1 rings (SSSR count). The summed E-state index contributed by atoms with van der Waals surface area (Å²) in [5.74, 6) is 0.964. The molecular weight excluding hydrogens is 302 g/mol. The first-order valence-electron chi connectivity index (χ1n) is 6.80. The molecule has 2 nitrogen and oxygen atoms in total. The first-order chi connectivity index (χ1) is 8.63. The molecule has 1 aromatic rings. The van der Waals surface area contributed by atoms with E-state index < -0.39 is 0 Å². The van der Waals surface area contributed by atoms with Crippen LogP contribution < -0.4 is 10.1 Å². The Morgan fingerprint density at radius 3 is 2.32 bits per heavy atom. The number of rotatable bonds is 5. The quantitative estimate of drug-likeness (QED) is 0.875. The molecule has 1 aromatic carbocycles. The van der Waals surface area contributed by atoms with Gasteiger partial charge in [0, 0.05) is 16.5 Å². The maximum atomic E-state index is 5.43. The van der Waals surface area contributed by atoms with Crippen LogP contribution in [0.4, 0.5) is 0 Å². The third-order valence-corrected chi connectivity index (χ3v) is 3.60. The van der Waals surface area contributed by atoms with Gasteiger partial charge in [0.1, 0.15) is 12.3 Å². The fourth-order valence-electron chi connectivity index (χ4n) is 2.73. The maximum absolute atomic E-state index is 5.43. The van der Waals surface area contributed by atoms with Crippen molar-refractivity contribution < 1.29 is 10.1 Å². The molecule has 0 saturated heterocycles. The number of hydrogen-bond donors (Lipinski definition) is 1. The number of ether oxygens (including phenoxy) is 1. The third kappa shape index (κ3) is 5.96. The van der Waals surface area contributed by atoms with Crippen molar-refractivity contribution >= 4 is 15.9 Å². The van der Waals surface area contributed by atoms with E-state index in [4.69, 9.17) is 4.74 Å². The summed E-state index contributed by atoms with van der Waals surface area (Å²) < 4.78 is 6.53. The molecule has 0 aliphatic carbocycles. The Kier molecular flexibility index (Phi) is 5.45. The molecule has 0 aromatic heterocycles. The zero-order chi connectivity index (χ0) is 14.7. The van der Waals surface area contributed by atoms with E-state index in [9.17, 15) is 0 Å². The van der Waals surface area contributed by atoms with Crippen LogP contribution in [0.2, 0.25) is 0 Å². The lowest BCUT2D eigenvalue weighted by Crippen LogP contribution is -2.94. The summed E-state index contributed by atoms with van der Waals surface area (Å²) in [7, 11) is 1.73. The minimum atomic E-state index is 0.228. The molecule has 0 atom stereocenters. The van der Waals surface area contributed by atoms with E-state index in [0.29, 0.717) is 5.41 Å². The van der Waals surface area contributed by atoms with Crippen molar-refractivity contribution in [3.63, 3.8) is 0 Å². The maximum Gasteiger partial charge on any atom is 0.127 e. The highest BCUT2D eigenvalue weighted by Crippen LogP contribution is 2.25. The summed E-state index contributed by atoms with van der Waals surface area (Å²) in [6.07, 6.45) is 1.18. The van der Waals surface area contributed by atoms with Crippen molar-refractivity contribution in [3.8, 4) is 5.75 Å². The van der Waals surface area contributed by atoms with Gasteiger partial charge < -0.3 is 10.1 Å². The van der Waals surface area contributed by atoms with Crippen LogP contribution in [-0.4, -0.2) is 12.6 Å². The van der Waals surface area contributed by atoms with Gasteiger partial charge >= 0.3 is 0 Å². The van der Waals surface area contributed by atoms with Crippen molar-refractivity contribution in [3.05, 3.63) is 28.2 Å². The molecule has 3 heteroatoms. The summed E-state index contributed by atoms with van der Waals surface area (Å²) in [6.45, 7) is 12.4. The van der Waals surface area contributed by atoms with Crippen molar-refractivity contribution in [1.29, 1.82) is 0 Å². The van der Waals surface area contributed by atoms with Gasteiger partial charge in [0.15, 0.2) is 0 Å². The highest BCUT2D eigenvalue weighted by Gasteiger charge is 2.28. The fraction of sp³-hybridized carbons (Fsp3) is 0.625. The Hall–Kier alpha value is -0.540. The standard InChI is InChI=1S/C16H26BrNO/c1-15(2,3)11-16(4,5)18-10-12-9-13(17)7-8-14(12)19-6/h7-9,18H,10-11H2,1-6H3/p+1. The second kappa shape index (κ2) is 6.27. The van der Waals surface area contributed by atoms with Crippen LogP contribution in [0.1, 0.15) is 46.6 Å². The molecule has 0 spiro atoms. The molecule has 0 amide bonds. The number of hydrogen-bond acceptors (Lipinski definition) is 1. The largest absolute Gasteiger partial charge is 0.496 e. The van der Waals surface area contributed by atoms with E-state index in [1.54, 1.807) is 7.11 Å². The van der Waals surface area contributed by atoms with E-state index in [1.165, 1.54) is 12.0 Å². The van der Waals surface area contributed by atoms with E-state index in [0.717, 1.165) is 16.8 Å². The molecule has 0 saturated carbocycles. The van der Waals surface area contributed by atoms with Gasteiger partial charge in [0.25, 0.3) is 0 Å². The van der Waals surface area contributed by atoms with Gasteiger partial charge in [-0.05, 0) is 37.5 Å². The molecule has 0 aliphatic heterocycles. The number of benzene rings is 1. The van der Waals surface area contributed by atoms with Crippen LogP contribution >= 0.6 is 15.9 Å². The summed E-state index contributed by atoms with van der Waals surface area (Å²) in [5.41, 5.74) is 1.81. The molecule has 2 N–H and O–H groups in total. The number of nitrogens with two attached hydrogens (primary N) is 1. The molecule has 19 heavy (non-hydrogen) atoms. The minimum Gasteiger partial charge on any atom is -0.496 e. The zero-order valence-electron chi connectivity index (χ0n) is 13.0. The summed E-state index contributed by atoms with van der Waals surface area (Å²) in [5, 5.41) is 2.41. The Bertz CT molecular complexity index is 421. The predicted molar refractivity (Wildman–Crippen MR) is 84.5 cm³/mol. The first-order valence-corrected chi connectivity index (χ1v) is 7.59. The van der Waals surface area contributed by atoms with Crippen molar-refractivity contribution in [1.82, 2.24) is 0 Å². The van der Waals surface area contributed by atoms with Crippen LogP contribution in [0.25, 0.3) is 0 Å². The molecule has 0 unspecified atom stereocenters. The smallest absolute Gasteiger partial charge is 0.127 e. The Balaban J connectivity index is 2.73. The topological polar surface area (TPSA) is 25.8 Å². The molecule has 0 aliphatic rings. The Morgan fingerprint density at radius 1 is 1.16 bits per heavy atom. The van der Waals surface area contributed by atoms with Crippen molar-refractivity contribution in [2.75, 3.05) is 7.11 Å². The Morgan fingerprint density at radius 2 is 1.79 bits per heavy atom. The number of quaternary nitrogens is 1. The van der Waals surface area contributed by atoms with Crippen LogP contribution in [0.15, 0.2) is 22.7 Å². The molecular formula is C16H27BrNO+. The van der Waals surface area contributed by atoms with Gasteiger partial charge in [-0.15, -0.1) is 0 Å². The van der Waals surface area contributed by atoms with Crippen molar-refractivity contribution in [2.45, 2.75) is 53.1 Å². The predicted octanol–water partition coefficient (Wildman–Crippen LogP) is 3.74. The van der Waals surface area contributed by atoms with Gasteiger partial charge in [-0.2, -0.15) is 0 Å². The van der Waals surface area contributed by atoms with Crippen LogP contribution in [0.5, 0.6) is 5.75 Å². The summed E-state index contributed by atoms with van der Waals surface area (Å²) in [4.78, 5) is 0. The lowest BCUT2D eigenvalue weighted by atomic mass is 9.82. The molecule has 108 valence electrons. The van der Waals surface area contributed by atoms with Gasteiger partial charge in [-0.3, -0.25) is 0 Å². The van der Waals surface area contributed by atoms with E-state index in [-0.39, 0.29) is 5.54 Å². The third-order valence-electron chi connectivity index (χ3n) is 3.10. The van der Waals surface area contributed by atoms with Gasteiger partial charge in [-0.25, -0.2) is 0 Å². The minimum absolute atomic E-state index is 0.228. The second-order valence-corrected chi connectivity index (χ2v) is 8.01. The highest BCUT2D eigenvalue weighted by atomic mass is 79.9. The average molecular weight is 329 g/mol. The lowest BCUT2D eigenvalue weighted by Gasteiger charge is -2.30. The molecule has 0 fully saturated rings. The first kappa shape index (κ1) is 16.5. The monoisotopic (exact) mass is 328 g/mol. The fourth-order valence-corrected chi connectivity index (χ4v) is 3.14. The molecule has 0 bridgehead atoms. The number of methoxy groups -OCH3 is 1. The highest BCUT2D eigenvalue weighted by molar-refractivity contribution is 9.10. The van der Waals surface area contributed by atoms with Crippen LogP contribution in [0, 0.1) is 5.41 Å². The average Bonchev–Trinajstić information content (AvgIpc) is 2.23. The summed E-state index contributed by atoms with van der Waals surface area (Å²) >= 11 is 3.53. The molecule has 0 heterocycles. The summed E-state index contributed by atoms with van der Waals surface area (Å²) in [6, 6.07) is 6.18. The molecule has 0 radical (unpaired) electrons. The van der Waals surface area contributed by atoms with Crippen molar-refractivity contribution in [2.24, 2.45) is 5.41 Å². The second-order valence-electron chi connectivity index (χ2n) is 7.09. The lowest BCUT2D eigenvalue weighted by molar-refractivity contribution is -0.737. The van der Waals surface area contributed by atoms with E-state index in [2.05, 4.69) is 61.9 Å². The van der Waals surface area contributed by atoms with Gasteiger partial charge in [0.2, 0.25) is 0 Å². The normalized spacial score (nSPS) is 12.6. The van der Waals surface area contributed by atoms with Gasteiger partial charge in [0.05, 0.1) is 12.6 Å². The SMILES string of the molecule is COc1ccc(Br)cc1C[NH2+]C(C)(C)CC(C)(C)C. The Labute approximate surface area is 126 Å². The number of halogens is 1. The van der Waals surface area contributed by atoms with Gasteiger partial charge in [-0.1, -0.05) is 36.7 Å². The van der Waals surface area contributed by atoms with E-state index >= 15 is 0 Å². The van der Waals surface area contributed by atoms with Crippen LogP contribution in [0.3, 0.4) is 0 Å².